The predicted octanol–water partition coefficient (Wildman–Crippen LogP) is 3.44. The van der Waals surface area contributed by atoms with Gasteiger partial charge >= 0.3 is 0 Å². The van der Waals surface area contributed by atoms with Gasteiger partial charge in [-0.1, -0.05) is 48.5 Å². The van der Waals surface area contributed by atoms with Gasteiger partial charge < -0.3 is 0 Å². The number of fused-ring (bicyclic) bond motifs is 1. The zero-order valence-electron chi connectivity index (χ0n) is 8.56. The van der Waals surface area contributed by atoms with E-state index < -0.39 is 0 Å². The molecule has 0 aliphatic heterocycles. The Morgan fingerprint density at radius 3 is 2.73 bits per heavy atom. The second kappa shape index (κ2) is 4.56. The molecule has 0 radical (unpaired) electrons. The second-order valence-electron chi connectivity index (χ2n) is 3.35. The highest BCUT2D eigenvalue weighted by molar-refractivity contribution is 5.99. The fourth-order valence-electron chi connectivity index (χ4n) is 1.59. The van der Waals surface area contributed by atoms with Gasteiger partial charge in [0.15, 0.2) is 0 Å². The topological polar surface area (TPSA) is 12.4 Å². The van der Waals surface area contributed by atoms with Crippen LogP contribution in [0.5, 0.6) is 0 Å². The van der Waals surface area contributed by atoms with Crippen molar-refractivity contribution in [1.29, 1.82) is 0 Å². The molecule has 0 unspecified atom stereocenters. The van der Waals surface area contributed by atoms with Crippen LogP contribution in [-0.2, 0) is 0 Å². The zero-order chi connectivity index (χ0) is 10.5. The highest BCUT2D eigenvalue weighted by atomic mass is 14.7. The van der Waals surface area contributed by atoms with Crippen LogP contribution in [0.4, 0.5) is 0 Å². The average Bonchev–Trinajstić information content (AvgIpc) is 2.30. The summed E-state index contributed by atoms with van der Waals surface area (Å²) < 4.78 is 0. The highest BCUT2D eigenvalue weighted by Crippen LogP contribution is 2.16. The molecule has 0 N–H and O–H groups in total. The van der Waals surface area contributed by atoms with E-state index in [2.05, 4.69) is 41.9 Å². The number of nitrogens with zero attached hydrogens (tertiary/aromatic N) is 1. The van der Waals surface area contributed by atoms with E-state index in [4.69, 9.17) is 0 Å². The molecule has 2 aromatic rings. The molecule has 0 amide bonds. The van der Waals surface area contributed by atoms with E-state index in [9.17, 15) is 0 Å². The van der Waals surface area contributed by atoms with Crippen molar-refractivity contribution in [1.82, 2.24) is 0 Å². The zero-order valence-corrected chi connectivity index (χ0v) is 8.56. The van der Waals surface area contributed by atoms with Crippen LogP contribution >= 0.6 is 0 Å². The van der Waals surface area contributed by atoms with E-state index in [0.717, 1.165) is 5.56 Å². The molecule has 0 aromatic heterocycles. The Balaban J connectivity index is 2.46. The maximum atomic E-state index is 4.27. The van der Waals surface area contributed by atoms with Crippen LogP contribution < -0.4 is 0 Å². The van der Waals surface area contributed by atoms with Crippen molar-refractivity contribution >= 4 is 17.0 Å². The molecule has 0 heterocycles. The summed E-state index contributed by atoms with van der Waals surface area (Å²) >= 11 is 0. The maximum Gasteiger partial charge on any atom is 0.0567 e. The third-order valence-electron chi connectivity index (χ3n) is 2.29. The minimum absolute atomic E-state index is 0.670. The van der Waals surface area contributed by atoms with Gasteiger partial charge in [0.1, 0.15) is 0 Å². The molecule has 2 aromatic carbocycles. The summed E-state index contributed by atoms with van der Waals surface area (Å²) in [6.07, 6.45) is 3.70. The summed E-state index contributed by atoms with van der Waals surface area (Å²) in [7, 11) is 0. The van der Waals surface area contributed by atoms with Crippen LogP contribution in [0, 0.1) is 0 Å². The van der Waals surface area contributed by atoms with E-state index >= 15 is 0 Å². The molecule has 0 fully saturated rings. The third kappa shape index (κ3) is 2.13. The van der Waals surface area contributed by atoms with Gasteiger partial charge in [-0.05, 0) is 10.8 Å². The number of hydrogen-bond acceptors (Lipinski definition) is 1. The van der Waals surface area contributed by atoms with E-state index in [1.165, 1.54) is 10.8 Å². The summed E-state index contributed by atoms with van der Waals surface area (Å²) in [5.41, 5.74) is 1.16. The number of rotatable bonds is 3. The number of hydrogen-bond donors (Lipinski definition) is 0. The van der Waals surface area contributed by atoms with E-state index in [0.29, 0.717) is 6.54 Å². The first-order valence-electron chi connectivity index (χ1n) is 5.00. The van der Waals surface area contributed by atoms with Gasteiger partial charge in [0.25, 0.3) is 0 Å². The lowest BCUT2D eigenvalue weighted by Crippen LogP contribution is -1.84. The first kappa shape index (κ1) is 9.66. The Hall–Kier alpha value is -1.89. The monoisotopic (exact) mass is 195 g/mol. The first-order chi connectivity index (χ1) is 7.42. The lowest BCUT2D eigenvalue weighted by Gasteiger charge is -2.00. The largest absolute Gasteiger partial charge is 0.288 e. The lowest BCUT2D eigenvalue weighted by atomic mass is 10.1. The summed E-state index contributed by atoms with van der Waals surface area (Å²) in [5.74, 6) is 0. The van der Waals surface area contributed by atoms with Crippen molar-refractivity contribution in [2.75, 3.05) is 6.54 Å². The molecule has 0 spiro atoms. The van der Waals surface area contributed by atoms with Crippen LogP contribution in [0.25, 0.3) is 10.8 Å². The fourth-order valence-corrected chi connectivity index (χ4v) is 1.59. The van der Waals surface area contributed by atoms with E-state index in [-0.39, 0.29) is 0 Å². The summed E-state index contributed by atoms with van der Waals surface area (Å²) in [4.78, 5) is 4.27. The molecule has 0 aliphatic carbocycles. The minimum Gasteiger partial charge on any atom is -0.288 e. The van der Waals surface area contributed by atoms with Crippen LogP contribution in [0.1, 0.15) is 5.56 Å². The number of benzene rings is 2. The quantitative estimate of drug-likeness (QED) is 0.525. The van der Waals surface area contributed by atoms with Gasteiger partial charge in [0.05, 0.1) is 6.54 Å². The molecule has 15 heavy (non-hydrogen) atoms. The molecule has 74 valence electrons. The molecule has 0 saturated carbocycles. The molecular weight excluding hydrogens is 182 g/mol. The van der Waals surface area contributed by atoms with Crippen molar-refractivity contribution in [3.8, 4) is 0 Å². The average molecular weight is 195 g/mol. The minimum atomic E-state index is 0.670. The molecule has 1 heteroatoms. The molecular formula is C14H13N. The molecule has 0 aliphatic rings. The van der Waals surface area contributed by atoms with Gasteiger partial charge in [0.2, 0.25) is 0 Å². The summed E-state index contributed by atoms with van der Waals surface area (Å²) in [5, 5.41) is 2.49. The first-order valence-corrected chi connectivity index (χ1v) is 5.00. The Labute approximate surface area is 89.8 Å². The van der Waals surface area contributed by atoms with Gasteiger partial charge in [0, 0.05) is 11.8 Å². The number of aliphatic imine (C=N–C) groups is 1. The lowest BCUT2D eigenvalue weighted by molar-refractivity contribution is 1.26. The third-order valence-corrected chi connectivity index (χ3v) is 2.29. The van der Waals surface area contributed by atoms with Crippen molar-refractivity contribution < 1.29 is 0 Å². The normalized spacial score (nSPS) is 10.9. The Kier molecular flexibility index (Phi) is 2.93. The van der Waals surface area contributed by atoms with Crippen molar-refractivity contribution in [3.05, 3.63) is 60.7 Å². The van der Waals surface area contributed by atoms with Crippen LogP contribution in [-0.4, -0.2) is 12.8 Å². The smallest absolute Gasteiger partial charge is 0.0567 e. The Morgan fingerprint density at radius 1 is 1.07 bits per heavy atom. The highest BCUT2D eigenvalue weighted by Gasteiger charge is 1.95. The summed E-state index contributed by atoms with van der Waals surface area (Å²) in [6.45, 7) is 4.31. The Bertz CT molecular complexity index is 492. The van der Waals surface area contributed by atoms with Crippen LogP contribution in [0.3, 0.4) is 0 Å². The Morgan fingerprint density at radius 2 is 1.87 bits per heavy atom. The van der Waals surface area contributed by atoms with Crippen molar-refractivity contribution in [3.63, 3.8) is 0 Å². The summed E-state index contributed by atoms with van der Waals surface area (Å²) in [6, 6.07) is 14.6. The molecule has 0 saturated heterocycles. The van der Waals surface area contributed by atoms with Crippen molar-refractivity contribution in [2.24, 2.45) is 4.99 Å². The van der Waals surface area contributed by atoms with Gasteiger partial charge in [-0.2, -0.15) is 0 Å². The molecule has 0 bridgehead atoms. The molecule has 0 atom stereocenters. The maximum absolute atomic E-state index is 4.27. The molecule has 2 rings (SSSR count). The predicted molar refractivity (Wildman–Crippen MR) is 66.6 cm³/mol. The van der Waals surface area contributed by atoms with Gasteiger partial charge in [-0.25, -0.2) is 0 Å². The van der Waals surface area contributed by atoms with Crippen LogP contribution in [0.15, 0.2) is 60.1 Å². The van der Waals surface area contributed by atoms with Crippen LogP contribution in [0.2, 0.25) is 0 Å². The van der Waals surface area contributed by atoms with Crippen molar-refractivity contribution in [2.45, 2.75) is 0 Å². The van der Waals surface area contributed by atoms with E-state index in [1.54, 1.807) is 6.08 Å². The fraction of sp³-hybridized carbons (Fsp3) is 0.0714. The SMILES string of the molecule is C=CCN=Cc1cccc2ccccc12. The van der Waals surface area contributed by atoms with Gasteiger partial charge in [-0.15, -0.1) is 6.58 Å². The molecule has 1 nitrogen and oxygen atoms in total. The van der Waals surface area contributed by atoms with E-state index in [1.807, 2.05) is 18.3 Å². The second-order valence-corrected chi connectivity index (χ2v) is 3.35. The van der Waals surface area contributed by atoms with Gasteiger partial charge in [-0.3, -0.25) is 4.99 Å². The standard InChI is InChI=1S/C14H13N/c1-2-10-15-11-13-8-5-7-12-6-3-4-9-14(12)13/h2-9,11H,1,10H2.